The molecule has 2 unspecified atom stereocenters. The van der Waals surface area contributed by atoms with Gasteiger partial charge in [-0.05, 0) is 94.1 Å². The summed E-state index contributed by atoms with van der Waals surface area (Å²) >= 11 is 0. The average molecular weight is 698 g/mol. The molecular weight excluding hydrogens is 638 g/mol. The van der Waals surface area contributed by atoms with Crippen molar-refractivity contribution in [3.63, 3.8) is 0 Å². The third kappa shape index (κ3) is 4.50. The fourth-order valence-corrected chi connectivity index (χ4v) is 12.6. The van der Waals surface area contributed by atoms with Crippen LogP contribution in [0.5, 0.6) is 11.5 Å². The van der Waals surface area contributed by atoms with Crippen molar-refractivity contribution in [3.05, 3.63) is 23.3 Å². The van der Waals surface area contributed by atoms with Crippen LogP contribution in [0.1, 0.15) is 84.8 Å². The molecule has 1 aromatic rings. The number of ether oxygens (including phenoxy) is 7. The summed E-state index contributed by atoms with van der Waals surface area (Å²) in [6.45, 7) is 17.9. The normalized spacial score (nSPS) is 38.6. The Morgan fingerprint density at radius 1 is 1.02 bits per heavy atom. The van der Waals surface area contributed by atoms with E-state index in [0.29, 0.717) is 62.4 Å². The standard InChI is InChI=1S/C40H59NO9/c1-8-45-15-16-46-17-18-47-19-20-48-34(42)49-29-12-11-26-21-27-28-24-41(23-25-9-10-25)33(27)38-13-14-39(44-7,30(22-38)36(5,43)35(2,3)4)37(6)40(28,38)31(26)32(29)50-37/h11-12,25,27-28,30,33,43H,8-10,13-24H2,1-7H3/t27?,28?,30-,33-,36+,37-,38-,39-,40+/m1/s1. The Morgan fingerprint density at radius 3 is 2.38 bits per heavy atom. The second kappa shape index (κ2) is 12.0. The molecule has 10 heteroatoms. The van der Waals surface area contributed by atoms with E-state index in [1.54, 1.807) is 0 Å². The summed E-state index contributed by atoms with van der Waals surface area (Å²) in [4.78, 5) is 16.0. The van der Waals surface area contributed by atoms with E-state index in [-0.39, 0.29) is 35.4 Å². The van der Waals surface area contributed by atoms with Gasteiger partial charge in [-0.1, -0.05) is 26.8 Å². The Morgan fingerprint density at radius 2 is 1.72 bits per heavy atom. The molecule has 6 bridgehead atoms. The fourth-order valence-electron chi connectivity index (χ4n) is 12.6. The maximum Gasteiger partial charge on any atom is 0.514 e. The molecule has 10 nitrogen and oxygen atoms in total. The van der Waals surface area contributed by atoms with Crippen molar-refractivity contribution in [2.45, 2.75) is 108 Å². The molecule has 2 aliphatic heterocycles. The van der Waals surface area contributed by atoms with Crippen molar-refractivity contribution in [2.24, 2.45) is 34.5 Å². The Bertz CT molecular complexity index is 1490. The number of nitrogens with zero attached hydrogens (tertiary/aromatic N) is 1. The summed E-state index contributed by atoms with van der Waals surface area (Å²) in [7, 11) is 1.83. The van der Waals surface area contributed by atoms with Gasteiger partial charge in [0, 0.05) is 49.7 Å². The number of aliphatic hydroxyl groups is 1. The van der Waals surface area contributed by atoms with Crippen LogP contribution in [0.25, 0.3) is 0 Å². The number of carbonyl (C=O) groups is 1. The second-order valence-electron chi connectivity index (χ2n) is 17.7. The number of methoxy groups -OCH3 is 1. The summed E-state index contributed by atoms with van der Waals surface area (Å²) in [5, 5.41) is 12.6. The number of hydrogen-bond acceptors (Lipinski definition) is 10. The van der Waals surface area contributed by atoms with Crippen molar-refractivity contribution in [1.82, 2.24) is 4.90 Å². The minimum Gasteiger partial charge on any atom is -0.479 e. The van der Waals surface area contributed by atoms with Gasteiger partial charge < -0.3 is 38.3 Å². The van der Waals surface area contributed by atoms with E-state index >= 15 is 0 Å². The van der Waals surface area contributed by atoms with Crippen LogP contribution in [-0.2, 0) is 35.5 Å². The summed E-state index contributed by atoms with van der Waals surface area (Å²) < 4.78 is 42.1. The van der Waals surface area contributed by atoms with Gasteiger partial charge in [0.1, 0.15) is 17.8 Å². The number of hydrogen-bond donors (Lipinski definition) is 1. The van der Waals surface area contributed by atoms with E-state index in [4.69, 9.17) is 33.2 Å². The van der Waals surface area contributed by atoms with Crippen molar-refractivity contribution >= 4 is 6.16 Å². The lowest BCUT2D eigenvalue weighted by Crippen LogP contribution is -2.85. The molecule has 2 heterocycles. The molecular formula is C40H59NO9. The van der Waals surface area contributed by atoms with Gasteiger partial charge >= 0.3 is 6.16 Å². The smallest absolute Gasteiger partial charge is 0.479 e. The zero-order valence-corrected chi connectivity index (χ0v) is 31.3. The molecule has 1 N–H and O–H groups in total. The molecule has 0 aromatic heterocycles. The van der Waals surface area contributed by atoms with Crippen molar-refractivity contribution in [3.8, 4) is 11.5 Å². The summed E-state index contributed by atoms with van der Waals surface area (Å²) in [6.07, 6.45) is 5.66. The highest BCUT2D eigenvalue weighted by atomic mass is 16.7. The van der Waals surface area contributed by atoms with Gasteiger partial charge in [-0.15, -0.1) is 0 Å². The number of carbonyl (C=O) groups excluding carboxylic acids is 1. The average Bonchev–Trinajstić information content (AvgIpc) is 3.69. The predicted molar refractivity (Wildman–Crippen MR) is 186 cm³/mol. The fraction of sp³-hybridized carbons (Fsp3) is 0.825. The van der Waals surface area contributed by atoms with Crippen molar-refractivity contribution < 1.29 is 43.1 Å². The number of benzene rings is 1. The van der Waals surface area contributed by atoms with Crippen LogP contribution in [0, 0.1) is 34.5 Å². The first-order valence-electron chi connectivity index (χ1n) is 19.3. The van der Waals surface area contributed by atoms with Crippen LogP contribution in [0.3, 0.4) is 0 Å². The molecule has 0 radical (unpaired) electrons. The summed E-state index contributed by atoms with van der Waals surface area (Å²) in [5.41, 5.74) is -0.747. The van der Waals surface area contributed by atoms with Crippen LogP contribution in [0.4, 0.5) is 4.79 Å². The molecule has 8 aliphatic rings. The van der Waals surface area contributed by atoms with Crippen LogP contribution in [-0.4, -0.2) is 105 Å². The molecule has 278 valence electrons. The maximum absolute atomic E-state index is 13.1. The number of fused-ring (bicyclic) bond motifs is 2. The second-order valence-corrected chi connectivity index (χ2v) is 17.7. The first kappa shape index (κ1) is 35.1. The SMILES string of the molecule is CCOCCOCCOCCOC(=O)Oc1ccc2c3c1O[C@@]1(C)[C@]34C3CN(CC5CC5)[C@H](C3C2)[C@]42CC[C@@]1(OC)[C@@H]([C@](C)(O)C(C)(C)C)C2. The highest BCUT2D eigenvalue weighted by molar-refractivity contribution is 5.71. The monoisotopic (exact) mass is 697 g/mol. The predicted octanol–water partition coefficient (Wildman–Crippen LogP) is 5.54. The van der Waals surface area contributed by atoms with E-state index in [1.807, 2.05) is 27.0 Å². The zero-order valence-electron chi connectivity index (χ0n) is 31.3. The first-order chi connectivity index (χ1) is 23.8. The lowest BCUT2D eigenvalue weighted by molar-refractivity contribution is -0.336. The zero-order chi connectivity index (χ0) is 35.3. The number of rotatable bonds is 15. The highest BCUT2D eigenvalue weighted by Crippen LogP contribution is 2.86. The maximum atomic E-state index is 13.1. The van der Waals surface area contributed by atoms with Crippen LogP contribution >= 0.6 is 0 Å². The summed E-state index contributed by atoms with van der Waals surface area (Å²) in [5.74, 6) is 2.66. The largest absolute Gasteiger partial charge is 0.514 e. The van der Waals surface area contributed by atoms with E-state index in [9.17, 15) is 9.90 Å². The van der Waals surface area contributed by atoms with Gasteiger partial charge in [0.05, 0.1) is 44.1 Å². The third-order valence-electron chi connectivity index (χ3n) is 15.0. The molecule has 50 heavy (non-hydrogen) atoms. The molecule has 9 rings (SSSR count). The minimum atomic E-state index is -1.01. The van der Waals surface area contributed by atoms with Gasteiger partial charge in [-0.25, -0.2) is 4.79 Å². The van der Waals surface area contributed by atoms with Gasteiger partial charge in [-0.2, -0.15) is 0 Å². The molecule has 1 saturated heterocycles. The number of likely N-dealkylation sites (tertiary alicyclic amines) is 1. The lowest BCUT2D eigenvalue weighted by Gasteiger charge is -2.75. The minimum absolute atomic E-state index is 0.0717. The van der Waals surface area contributed by atoms with E-state index in [2.05, 4.69) is 38.7 Å². The molecule has 1 aromatic carbocycles. The van der Waals surface area contributed by atoms with Crippen molar-refractivity contribution in [2.75, 3.05) is 66.4 Å². The van der Waals surface area contributed by atoms with Gasteiger partial charge in [0.25, 0.3) is 0 Å². The Kier molecular flexibility index (Phi) is 8.45. The van der Waals surface area contributed by atoms with E-state index < -0.39 is 23.0 Å². The molecule has 0 amide bonds. The van der Waals surface area contributed by atoms with Crippen LogP contribution in [0.15, 0.2) is 12.1 Å². The lowest BCUT2D eigenvalue weighted by atomic mass is 9.32. The molecule has 5 saturated carbocycles. The van der Waals surface area contributed by atoms with E-state index in [1.165, 1.54) is 30.5 Å². The topological polar surface area (TPSA) is 105 Å². The van der Waals surface area contributed by atoms with Crippen molar-refractivity contribution in [1.29, 1.82) is 0 Å². The summed E-state index contributed by atoms with van der Waals surface area (Å²) in [6, 6.07) is 4.49. The molecule has 2 spiro atoms. The third-order valence-corrected chi connectivity index (χ3v) is 15.0. The van der Waals surface area contributed by atoms with Crippen LogP contribution in [0.2, 0.25) is 0 Å². The Hall–Kier alpha value is -1.95. The molecule has 6 fully saturated rings. The van der Waals surface area contributed by atoms with Gasteiger partial charge in [-0.3, -0.25) is 4.90 Å². The highest BCUT2D eigenvalue weighted by Gasteiger charge is 2.92. The molecule has 9 atom stereocenters. The Labute approximate surface area is 297 Å². The molecule has 6 aliphatic carbocycles. The van der Waals surface area contributed by atoms with Crippen LogP contribution < -0.4 is 9.47 Å². The Balaban J connectivity index is 1.10. The number of piperidine rings is 1. The van der Waals surface area contributed by atoms with E-state index in [0.717, 1.165) is 38.1 Å². The van der Waals surface area contributed by atoms with Gasteiger partial charge in [0.15, 0.2) is 11.5 Å². The quantitative estimate of drug-likeness (QED) is 0.143. The first-order valence-corrected chi connectivity index (χ1v) is 19.3. The van der Waals surface area contributed by atoms with Gasteiger partial charge in [0.2, 0.25) is 0 Å².